The molecule has 32 heavy (non-hydrogen) atoms. The number of thioether (sulfide) groups is 1. The molecule has 0 radical (unpaired) electrons. The number of amides is 1. The van der Waals surface area contributed by atoms with Crippen LogP contribution in [0, 0.1) is 0 Å². The molecular formula is C24H31N5O2S. The Morgan fingerprint density at radius 1 is 1.12 bits per heavy atom. The van der Waals surface area contributed by atoms with Crippen LogP contribution in [-0.2, 0) is 17.8 Å². The van der Waals surface area contributed by atoms with Gasteiger partial charge in [-0.3, -0.25) is 9.59 Å². The van der Waals surface area contributed by atoms with Crippen LogP contribution in [0.25, 0.3) is 17.1 Å². The van der Waals surface area contributed by atoms with Crippen LogP contribution in [0.15, 0.2) is 40.3 Å². The molecule has 0 aliphatic carbocycles. The third-order valence-corrected chi connectivity index (χ3v) is 6.83. The SMILES string of the molecule is CCCCCCNC(=O)CSc1nc2nn(-c3ccccc3)c(=O)c-2c2n1CCCCC2. The van der Waals surface area contributed by atoms with Gasteiger partial charge < -0.3 is 9.88 Å². The van der Waals surface area contributed by atoms with E-state index >= 15 is 0 Å². The Hall–Kier alpha value is -2.61. The Morgan fingerprint density at radius 2 is 1.97 bits per heavy atom. The van der Waals surface area contributed by atoms with Crippen molar-refractivity contribution in [3.05, 3.63) is 46.4 Å². The van der Waals surface area contributed by atoms with Crippen molar-refractivity contribution in [2.45, 2.75) is 70.0 Å². The van der Waals surface area contributed by atoms with Crippen molar-refractivity contribution in [2.75, 3.05) is 12.3 Å². The van der Waals surface area contributed by atoms with E-state index in [0.29, 0.717) is 17.1 Å². The highest BCUT2D eigenvalue weighted by Crippen LogP contribution is 2.30. The average molecular weight is 454 g/mol. The highest BCUT2D eigenvalue weighted by molar-refractivity contribution is 7.99. The lowest BCUT2D eigenvalue weighted by atomic mass is 10.1. The molecule has 1 N–H and O–H groups in total. The second-order valence-electron chi connectivity index (χ2n) is 8.25. The van der Waals surface area contributed by atoms with Gasteiger partial charge in [-0.15, -0.1) is 5.10 Å². The first-order valence-corrected chi connectivity index (χ1v) is 12.6. The number of aromatic nitrogens is 4. The number of nitrogens with one attached hydrogen (secondary N) is 1. The van der Waals surface area contributed by atoms with Gasteiger partial charge in [0.1, 0.15) is 5.56 Å². The molecule has 3 aliphatic heterocycles. The molecule has 0 saturated heterocycles. The van der Waals surface area contributed by atoms with E-state index in [1.54, 1.807) is 0 Å². The van der Waals surface area contributed by atoms with Gasteiger partial charge >= 0.3 is 0 Å². The third kappa shape index (κ3) is 5.06. The van der Waals surface area contributed by atoms with Gasteiger partial charge in [0, 0.05) is 18.8 Å². The summed E-state index contributed by atoms with van der Waals surface area (Å²) in [5, 5.41) is 8.33. The van der Waals surface area contributed by atoms with E-state index in [0.717, 1.165) is 68.2 Å². The zero-order valence-electron chi connectivity index (χ0n) is 18.7. The van der Waals surface area contributed by atoms with E-state index in [-0.39, 0.29) is 11.5 Å². The van der Waals surface area contributed by atoms with Gasteiger partial charge in [0.05, 0.1) is 11.4 Å². The third-order valence-electron chi connectivity index (χ3n) is 5.85. The van der Waals surface area contributed by atoms with Gasteiger partial charge in [0.25, 0.3) is 5.56 Å². The van der Waals surface area contributed by atoms with Crippen LogP contribution in [0.4, 0.5) is 0 Å². The van der Waals surface area contributed by atoms with Crippen molar-refractivity contribution in [1.29, 1.82) is 0 Å². The molecule has 0 saturated carbocycles. The molecule has 0 fully saturated rings. The number of para-hydroxylation sites is 1. The van der Waals surface area contributed by atoms with Gasteiger partial charge in [0.2, 0.25) is 5.91 Å². The molecule has 3 aliphatic rings. The zero-order chi connectivity index (χ0) is 22.3. The van der Waals surface area contributed by atoms with Crippen LogP contribution in [0.2, 0.25) is 0 Å². The first kappa shape index (κ1) is 22.6. The van der Waals surface area contributed by atoms with Crippen molar-refractivity contribution < 1.29 is 4.79 Å². The lowest BCUT2D eigenvalue weighted by Crippen LogP contribution is -2.26. The monoisotopic (exact) mass is 453 g/mol. The maximum Gasteiger partial charge on any atom is 0.284 e. The van der Waals surface area contributed by atoms with Gasteiger partial charge in [-0.25, -0.2) is 4.98 Å². The number of hydrogen-bond acceptors (Lipinski definition) is 5. The molecule has 0 spiro atoms. The molecule has 1 amide bonds. The van der Waals surface area contributed by atoms with Crippen LogP contribution in [0.1, 0.15) is 57.6 Å². The topological polar surface area (TPSA) is 81.8 Å². The molecule has 4 rings (SSSR count). The van der Waals surface area contributed by atoms with Crippen molar-refractivity contribution in [1.82, 2.24) is 24.6 Å². The number of benzene rings is 1. The largest absolute Gasteiger partial charge is 0.355 e. The van der Waals surface area contributed by atoms with E-state index in [2.05, 4.69) is 21.9 Å². The fourth-order valence-electron chi connectivity index (χ4n) is 4.17. The minimum Gasteiger partial charge on any atom is -0.355 e. The summed E-state index contributed by atoms with van der Waals surface area (Å²) in [6, 6.07) is 9.46. The Labute approximate surface area is 193 Å². The van der Waals surface area contributed by atoms with Crippen LogP contribution >= 0.6 is 11.8 Å². The van der Waals surface area contributed by atoms with E-state index in [1.807, 2.05) is 30.3 Å². The summed E-state index contributed by atoms with van der Waals surface area (Å²) in [7, 11) is 0. The molecule has 3 heterocycles. The number of unbranched alkanes of at least 4 members (excludes halogenated alkanes) is 3. The predicted octanol–water partition coefficient (Wildman–Crippen LogP) is 4.05. The Bertz CT molecular complexity index is 1080. The molecule has 0 bridgehead atoms. The van der Waals surface area contributed by atoms with Gasteiger partial charge in [-0.05, 0) is 37.8 Å². The van der Waals surface area contributed by atoms with E-state index < -0.39 is 0 Å². The van der Waals surface area contributed by atoms with Crippen molar-refractivity contribution in [3.8, 4) is 17.1 Å². The smallest absolute Gasteiger partial charge is 0.284 e. The van der Waals surface area contributed by atoms with Crippen LogP contribution in [-0.4, -0.2) is 37.5 Å². The number of nitrogens with zero attached hydrogens (tertiary/aromatic N) is 4. The second kappa shape index (κ2) is 10.8. The van der Waals surface area contributed by atoms with Crippen LogP contribution in [0.3, 0.4) is 0 Å². The molecule has 1 aromatic carbocycles. The fourth-order valence-corrected chi connectivity index (χ4v) is 5.04. The summed E-state index contributed by atoms with van der Waals surface area (Å²) in [6.07, 6.45) is 8.58. The summed E-state index contributed by atoms with van der Waals surface area (Å²) in [5.41, 5.74) is 2.23. The van der Waals surface area contributed by atoms with Gasteiger partial charge in [0.15, 0.2) is 11.0 Å². The van der Waals surface area contributed by atoms with Crippen LogP contribution < -0.4 is 10.9 Å². The minimum absolute atomic E-state index is 0.0238. The highest BCUT2D eigenvalue weighted by atomic mass is 32.2. The minimum atomic E-state index is -0.120. The van der Waals surface area contributed by atoms with Crippen molar-refractivity contribution in [2.24, 2.45) is 0 Å². The summed E-state index contributed by atoms with van der Waals surface area (Å²) < 4.78 is 3.59. The summed E-state index contributed by atoms with van der Waals surface area (Å²) >= 11 is 1.43. The number of fused-ring (bicyclic) bond motifs is 3. The average Bonchev–Trinajstić information content (AvgIpc) is 2.98. The predicted molar refractivity (Wildman–Crippen MR) is 128 cm³/mol. The van der Waals surface area contributed by atoms with Gasteiger partial charge in [-0.2, -0.15) is 4.68 Å². The van der Waals surface area contributed by atoms with Crippen LogP contribution in [0.5, 0.6) is 0 Å². The van der Waals surface area contributed by atoms with Crippen molar-refractivity contribution in [3.63, 3.8) is 0 Å². The number of carbonyl (C=O) groups is 1. The maximum absolute atomic E-state index is 13.3. The Morgan fingerprint density at radius 3 is 2.78 bits per heavy atom. The molecule has 1 aromatic rings. The first-order chi connectivity index (χ1) is 15.7. The molecule has 0 atom stereocenters. The van der Waals surface area contributed by atoms with E-state index in [4.69, 9.17) is 4.98 Å². The Kier molecular flexibility index (Phi) is 7.63. The summed E-state index contributed by atoms with van der Waals surface area (Å²) in [6.45, 7) is 3.71. The number of carbonyl (C=O) groups excluding carboxylic acids is 1. The second-order valence-corrected chi connectivity index (χ2v) is 9.20. The summed E-state index contributed by atoms with van der Waals surface area (Å²) in [5.74, 6) is 0.806. The number of rotatable bonds is 9. The van der Waals surface area contributed by atoms with Crippen molar-refractivity contribution >= 4 is 17.7 Å². The molecular weight excluding hydrogens is 422 g/mol. The summed E-state index contributed by atoms with van der Waals surface area (Å²) in [4.78, 5) is 30.4. The molecule has 0 unspecified atom stereocenters. The normalized spacial score (nSPS) is 13.7. The number of hydrogen-bond donors (Lipinski definition) is 1. The Balaban J connectivity index is 1.59. The van der Waals surface area contributed by atoms with E-state index in [9.17, 15) is 9.59 Å². The quantitative estimate of drug-likeness (QED) is 0.300. The highest BCUT2D eigenvalue weighted by Gasteiger charge is 2.27. The fraction of sp³-hybridized carbons (Fsp3) is 0.500. The molecule has 8 heteroatoms. The molecule has 170 valence electrons. The zero-order valence-corrected chi connectivity index (χ0v) is 19.5. The van der Waals surface area contributed by atoms with E-state index in [1.165, 1.54) is 29.3 Å². The lowest BCUT2D eigenvalue weighted by Gasteiger charge is -2.17. The molecule has 7 nitrogen and oxygen atoms in total. The maximum atomic E-state index is 13.3. The lowest BCUT2D eigenvalue weighted by molar-refractivity contribution is -0.118. The van der Waals surface area contributed by atoms with Gasteiger partial charge in [-0.1, -0.05) is 62.6 Å². The molecule has 0 aromatic heterocycles. The standard InChI is InChI=1S/C24H31N5O2S/c1-2-3-4-10-15-25-20(30)17-32-24-26-22-21(19-14-9-6-11-16-28(19)24)23(31)29(27-22)18-12-7-5-8-13-18/h5,7-8,12-13H,2-4,6,9-11,14-17H2,1H3,(H,25,30). The first-order valence-electron chi connectivity index (χ1n) is 11.7.